The van der Waals surface area contributed by atoms with Crippen LogP contribution in [-0.4, -0.2) is 64.4 Å². The van der Waals surface area contributed by atoms with E-state index in [1.165, 1.54) is 11.4 Å². The van der Waals surface area contributed by atoms with E-state index >= 15 is 0 Å². The van der Waals surface area contributed by atoms with Crippen molar-refractivity contribution in [2.24, 2.45) is 0 Å². The van der Waals surface area contributed by atoms with Crippen molar-refractivity contribution in [2.45, 2.75) is 11.1 Å². The molecule has 0 bridgehead atoms. The number of halogens is 3. The van der Waals surface area contributed by atoms with Crippen LogP contribution in [0.2, 0.25) is 0 Å². The first-order valence-corrected chi connectivity index (χ1v) is 9.50. The predicted octanol–water partition coefficient (Wildman–Crippen LogP) is -0.950. The van der Waals surface area contributed by atoms with E-state index in [1.807, 2.05) is 0 Å². The fraction of sp³-hybridized carbons (Fsp3) is 0.467. The second-order valence-corrected chi connectivity index (χ2v) is 7.92. The second kappa shape index (κ2) is 8.23. The Bertz CT molecular complexity index is 788. The van der Waals surface area contributed by atoms with Gasteiger partial charge >= 0.3 is 12.2 Å². The highest BCUT2D eigenvalue weighted by Crippen LogP contribution is 2.30. The fourth-order valence-electron chi connectivity index (χ4n) is 2.64. The van der Waals surface area contributed by atoms with E-state index in [4.69, 9.17) is 0 Å². The average Bonchev–Trinajstić information content (AvgIpc) is 2.61. The van der Waals surface area contributed by atoms with Gasteiger partial charge in [-0.05, 0) is 24.3 Å². The molecule has 1 heterocycles. The lowest BCUT2D eigenvalue weighted by Gasteiger charge is -2.31. The Morgan fingerprint density at radius 3 is 2.19 bits per heavy atom. The van der Waals surface area contributed by atoms with Gasteiger partial charge in [0.15, 0.2) is 6.54 Å². The van der Waals surface area contributed by atoms with Gasteiger partial charge in [-0.1, -0.05) is 0 Å². The summed E-state index contributed by atoms with van der Waals surface area (Å²) in [7, 11) is -2.54. The molecule has 0 spiro atoms. The summed E-state index contributed by atoms with van der Waals surface area (Å²) in [5.41, 5.74) is -0.919. The molecule has 1 aromatic carbocycles. The van der Waals surface area contributed by atoms with Gasteiger partial charge in [0.1, 0.15) is 0 Å². The molecule has 0 aliphatic carbocycles. The first kappa shape index (κ1) is 21.1. The van der Waals surface area contributed by atoms with Crippen LogP contribution in [0, 0.1) is 0 Å². The molecule has 8 nitrogen and oxygen atoms in total. The minimum absolute atomic E-state index is 0.0155. The number of carbonyl (C=O) groups is 2. The maximum Gasteiger partial charge on any atom is 0.416 e. The van der Waals surface area contributed by atoms with Crippen molar-refractivity contribution in [2.75, 3.05) is 39.8 Å². The lowest BCUT2D eigenvalue weighted by Crippen LogP contribution is -3.15. The number of hydrogen-bond donors (Lipinski definition) is 3. The Kier molecular flexibility index (Phi) is 6.44. The quantitative estimate of drug-likeness (QED) is 0.597. The SMILES string of the molecule is CNC(=O)NC(=O)C[NH+]1CCN(S(=O)(=O)c2ccc(C(F)(F)F)cc2)CC1. The lowest BCUT2D eigenvalue weighted by molar-refractivity contribution is -0.895. The van der Waals surface area contributed by atoms with Crippen molar-refractivity contribution in [3.63, 3.8) is 0 Å². The fourth-order valence-corrected chi connectivity index (χ4v) is 4.09. The van der Waals surface area contributed by atoms with Crippen LogP contribution >= 0.6 is 0 Å². The van der Waals surface area contributed by atoms with E-state index in [9.17, 15) is 31.2 Å². The van der Waals surface area contributed by atoms with Gasteiger partial charge in [0, 0.05) is 7.05 Å². The summed E-state index contributed by atoms with van der Waals surface area (Å²) in [6.07, 6.45) is -4.54. The van der Waals surface area contributed by atoms with Crippen molar-refractivity contribution < 1.29 is 36.1 Å². The molecule has 1 saturated heterocycles. The minimum atomic E-state index is -4.54. The van der Waals surface area contributed by atoms with Gasteiger partial charge in [0.05, 0.1) is 36.6 Å². The Labute approximate surface area is 154 Å². The molecule has 2 rings (SSSR count). The lowest BCUT2D eigenvalue weighted by atomic mass is 10.2. The molecular formula is C15H20F3N4O4S+. The molecule has 3 amide bonds. The van der Waals surface area contributed by atoms with Gasteiger partial charge in [-0.2, -0.15) is 17.5 Å². The third-order valence-corrected chi connectivity index (χ3v) is 6.05. The molecule has 0 saturated carbocycles. The Morgan fingerprint density at radius 2 is 1.70 bits per heavy atom. The van der Waals surface area contributed by atoms with E-state index in [2.05, 4.69) is 10.6 Å². The van der Waals surface area contributed by atoms with Crippen LogP contribution < -0.4 is 15.5 Å². The molecule has 0 radical (unpaired) electrons. The van der Waals surface area contributed by atoms with Crippen molar-refractivity contribution in [1.82, 2.24) is 14.9 Å². The van der Waals surface area contributed by atoms with Gasteiger partial charge in [0.25, 0.3) is 5.91 Å². The molecule has 12 heteroatoms. The van der Waals surface area contributed by atoms with Gasteiger partial charge in [-0.25, -0.2) is 13.2 Å². The monoisotopic (exact) mass is 409 g/mol. The number of hydrogen-bond acceptors (Lipinski definition) is 4. The van der Waals surface area contributed by atoms with Gasteiger partial charge < -0.3 is 10.2 Å². The Balaban J connectivity index is 1.96. The Hall–Kier alpha value is -2.18. The third-order valence-electron chi connectivity index (χ3n) is 4.14. The number of quaternary nitrogens is 1. The van der Waals surface area contributed by atoms with Crippen molar-refractivity contribution in [3.05, 3.63) is 29.8 Å². The van der Waals surface area contributed by atoms with Crippen LogP contribution in [0.4, 0.5) is 18.0 Å². The van der Waals surface area contributed by atoms with Crippen LogP contribution in [0.3, 0.4) is 0 Å². The van der Waals surface area contributed by atoms with E-state index in [1.54, 1.807) is 0 Å². The number of rotatable bonds is 4. The van der Waals surface area contributed by atoms with Gasteiger partial charge in [-0.3, -0.25) is 10.1 Å². The highest BCUT2D eigenvalue weighted by atomic mass is 32.2. The zero-order valence-corrected chi connectivity index (χ0v) is 15.3. The molecule has 1 aliphatic rings. The first-order chi connectivity index (χ1) is 12.5. The Morgan fingerprint density at radius 1 is 1.15 bits per heavy atom. The summed E-state index contributed by atoms with van der Waals surface area (Å²) in [4.78, 5) is 23.3. The number of carbonyl (C=O) groups excluding carboxylic acids is 2. The first-order valence-electron chi connectivity index (χ1n) is 8.06. The summed E-state index contributed by atoms with van der Waals surface area (Å²) < 4.78 is 64.1. The molecule has 0 atom stereocenters. The number of urea groups is 1. The topological polar surface area (TPSA) is 100 Å². The maximum atomic E-state index is 12.6. The van der Waals surface area contributed by atoms with Crippen LogP contribution in [0.1, 0.15) is 5.56 Å². The molecule has 3 N–H and O–H groups in total. The average molecular weight is 409 g/mol. The highest BCUT2D eigenvalue weighted by Gasteiger charge is 2.33. The summed E-state index contributed by atoms with van der Waals surface area (Å²) >= 11 is 0. The van der Waals surface area contributed by atoms with Gasteiger partial charge in [0.2, 0.25) is 10.0 Å². The maximum absolute atomic E-state index is 12.6. The second-order valence-electron chi connectivity index (χ2n) is 5.98. The minimum Gasteiger partial charge on any atom is -0.341 e. The smallest absolute Gasteiger partial charge is 0.341 e. The molecule has 0 aromatic heterocycles. The normalized spacial score (nSPS) is 16.7. The zero-order chi connectivity index (χ0) is 20.2. The summed E-state index contributed by atoms with van der Waals surface area (Å²) in [5, 5.41) is 4.38. The number of nitrogens with one attached hydrogen (secondary N) is 3. The number of imide groups is 1. The number of nitrogens with zero attached hydrogens (tertiary/aromatic N) is 1. The summed E-state index contributed by atoms with van der Waals surface area (Å²) in [5.74, 6) is -0.483. The van der Waals surface area contributed by atoms with E-state index in [-0.39, 0.29) is 24.5 Å². The summed E-state index contributed by atoms with van der Waals surface area (Å²) in [6.45, 7) is 0.918. The van der Waals surface area contributed by atoms with Crippen LogP contribution in [0.25, 0.3) is 0 Å². The largest absolute Gasteiger partial charge is 0.416 e. The summed E-state index contributed by atoms with van der Waals surface area (Å²) in [6, 6.07) is 2.72. The molecule has 1 aliphatic heterocycles. The predicted molar refractivity (Wildman–Crippen MR) is 88.4 cm³/mol. The number of amides is 3. The number of piperazine rings is 1. The van der Waals surface area contributed by atoms with Crippen molar-refractivity contribution >= 4 is 22.0 Å². The van der Waals surface area contributed by atoms with E-state index in [0.717, 1.165) is 29.2 Å². The molecule has 150 valence electrons. The zero-order valence-electron chi connectivity index (χ0n) is 14.5. The molecular weight excluding hydrogens is 389 g/mol. The third kappa shape index (κ3) is 5.40. The molecule has 27 heavy (non-hydrogen) atoms. The van der Waals surface area contributed by atoms with E-state index < -0.39 is 33.7 Å². The number of benzene rings is 1. The molecule has 1 aromatic rings. The van der Waals surface area contributed by atoms with Crippen molar-refractivity contribution in [3.8, 4) is 0 Å². The van der Waals surface area contributed by atoms with Crippen molar-refractivity contribution in [1.29, 1.82) is 0 Å². The standard InChI is InChI=1S/C15H19F3N4O4S/c1-19-14(24)20-13(23)10-21-6-8-22(9-7-21)27(25,26)12-4-2-11(3-5-12)15(16,17)18/h2-5H,6-10H2,1H3,(H2,19,20,23,24)/p+1. The van der Waals surface area contributed by atoms with Crippen LogP contribution in [0.5, 0.6) is 0 Å². The van der Waals surface area contributed by atoms with Crippen LogP contribution in [0.15, 0.2) is 29.2 Å². The van der Waals surface area contributed by atoms with Crippen LogP contribution in [-0.2, 0) is 21.0 Å². The number of sulfonamides is 1. The number of alkyl halides is 3. The highest BCUT2D eigenvalue weighted by molar-refractivity contribution is 7.89. The molecule has 1 fully saturated rings. The van der Waals surface area contributed by atoms with E-state index in [0.29, 0.717) is 13.1 Å². The van der Waals surface area contributed by atoms with Gasteiger partial charge in [-0.15, -0.1) is 0 Å². The molecule has 0 unspecified atom stereocenters.